The number of nitrogens with zero attached hydrogens (tertiary/aromatic N) is 3. The van der Waals surface area contributed by atoms with Gasteiger partial charge in [0.1, 0.15) is 0 Å². The van der Waals surface area contributed by atoms with Crippen molar-refractivity contribution in [3.8, 4) is 0 Å². The van der Waals surface area contributed by atoms with E-state index in [2.05, 4.69) is 9.97 Å². The number of fused-ring (bicyclic) bond motifs is 1. The van der Waals surface area contributed by atoms with Crippen molar-refractivity contribution in [1.29, 1.82) is 0 Å². The summed E-state index contributed by atoms with van der Waals surface area (Å²) < 4.78 is 0. The van der Waals surface area contributed by atoms with Gasteiger partial charge in [0.05, 0.1) is 5.39 Å². The van der Waals surface area contributed by atoms with Gasteiger partial charge in [-0.15, -0.1) is 0 Å². The predicted molar refractivity (Wildman–Crippen MR) is 50.6 cm³/mol. The molecule has 0 bridgehead atoms. The number of nitro groups is 1. The van der Waals surface area contributed by atoms with E-state index in [0.717, 1.165) is 0 Å². The summed E-state index contributed by atoms with van der Waals surface area (Å²) in [5, 5.41) is 11.0. The highest BCUT2D eigenvalue weighted by Crippen LogP contribution is 2.19. The quantitative estimate of drug-likeness (QED) is 0.537. The number of para-hydroxylation sites is 1. The first kappa shape index (κ1) is 8.36. The van der Waals surface area contributed by atoms with Gasteiger partial charge in [0.2, 0.25) is 5.82 Å². The lowest BCUT2D eigenvalue weighted by Gasteiger charge is -1.96. The number of hydrogen-bond acceptors (Lipinski definition) is 5. The maximum absolute atomic E-state index is 10.4. The van der Waals surface area contributed by atoms with Crippen molar-refractivity contribution >= 4 is 22.7 Å². The fourth-order valence-corrected chi connectivity index (χ4v) is 1.17. The van der Waals surface area contributed by atoms with Crippen LogP contribution in [0, 0.1) is 10.1 Å². The van der Waals surface area contributed by atoms with Gasteiger partial charge < -0.3 is 15.8 Å². The predicted octanol–water partition coefficient (Wildman–Crippen LogP) is 1.12. The Morgan fingerprint density at radius 1 is 1.29 bits per heavy atom. The Morgan fingerprint density at radius 3 is 2.71 bits per heavy atom. The summed E-state index contributed by atoms with van der Waals surface area (Å²) in [4.78, 5) is 17.1. The van der Waals surface area contributed by atoms with E-state index in [1.807, 2.05) is 0 Å². The van der Waals surface area contributed by atoms with Gasteiger partial charge in [-0.2, -0.15) is 0 Å². The molecule has 0 amide bonds. The average Bonchev–Trinajstić information content (AvgIpc) is 2.17. The lowest BCUT2D eigenvalue weighted by atomic mass is 10.2. The Hall–Kier alpha value is -2.24. The van der Waals surface area contributed by atoms with E-state index >= 15 is 0 Å². The molecular formula is C8H6N4O2. The summed E-state index contributed by atoms with van der Waals surface area (Å²) in [6, 6.07) is 6.88. The highest BCUT2D eigenvalue weighted by Gasteiger charge is 2.14. The SMILES string of the molecule is Nc1nc([N+](=O)[O-])nc2ccccc12. The van der Waals surface area contributed by atoms with Gasteiger partial charge in [0.15, 0.2) is 5.52 Å². The summed E-state index contributed by atoms with van der Waals surface area (Å²) in [5.74, 6) is -0.344. The monoisotopic (exact) mass is 190 g/mol. The van der Waals surface area contributed by atoms with Crippen molar-refractivity contribution in [3.05, 3.63) is 34.4 Å². The maximum atomic E-state index is 10.4. The second-order valence-electron chi connectivity index (χ2n) is 2.68. The van der Waals surface area contributed by atoms with Crippen LogP contribution >= 0.6 is 0 Å². The third kappa shape index (κ3) is 1.22. The normalized spacial score (nSPS) is 10.3. The third-order valence-electron chi connectivity index (χ3n) is 1.78. The molecule has 1 aromatic heterocycles. The van der Waals surface area contributed by atoms with Crippen molar-refractivity contribution < 1.29 is 4.92 Å². The Balaban J connectivity index is 2.78. The fourth-order valence-electron chi connectivity index (χ4n) is 1.17. The van der Waals surface area contributed by atoms with E-state index in [4.69, 9.17) is 5.73 Å². The summed E-state index contributed by atoms with van der Waals surface area (Å²) in [5.41, 5.74) is 6.02. The van der Waals surface area contributed by atoms with Crippen molar-refractivity contribution in [3.63, 3.8) is 0 Å². The number of nitrogens with two attached hydrogens (primary N) is 1. The van der Waals surface area contributed by atoms with Crippen LogP contribution in [0.4, 0.5) is 11.8 Å². The minimum atomic E-state index is -0.664. The summed E-state index contributed by atoms with van der Waals surface area (Å²) >= 11 is 0. The van der Waals surface area contributed by atoms with E-state index in [1.165, 1.54) is 0 Å². The molecule has 0 aliphatic carbocycles. The minimum absolute atomic E-state index is 0.127. The Bertz CT molecular complexity index is 512. The molecule has 2 N–H and O–H groups in total. The fraction of sp³-hybridized carbons (Fsp3) is 0. The van der Waals surface area contributed by atoms with E-state index in [0.29, 0.717) is 10.9 Å². The summed E-state index contributed by atoms with van der Waals surface area (Å²) in [6.45, 7) is 0. The van der Waals surface area contributed by atoms with E-state index in [-0.39, 0.29) is 5.82 Å². The number of aromatic nitrogens is 2. The maximum Gasteiger partial charge on any atom is 0.471 e. The molecule has 0 atom stereocenters. The highest BCUT2D eigenvalue weighted by molar-refractivity contribution is 5.88. The molecule has 0 saturated heterocycles. The molecule has 0 fully saturated rings. The van der Waals surface area contributed by atoms with Gasteiger partial charge in [-0.1, -0.05) is 17.1 Å². The Labute approximate surface area is 78.5 Å². The molecule has 2 rings (SSSR count). The number of hydrogen-bond donors (Lipinski definition) is 1. The molecule has 70 valence electrons. The van der Waals surface area contributed by atoms with Crippen LogP contribution in [-0.2, 0) is 0 Å². The zero-order valence-electron chi connectivity index (χ0n) is 7.04. The molecule has 1 aromatic carbocycles. The third-order valence-corrected chi connectivity index (χ3v) is 1.78. The molecule has 6 heteroatoms. The van der Waals surface area contributed by atoms with Gasteiger partial charge in [0.25, 0.3) is 0 Å². The van der Waals surface area contributed by atoms with Crippen molar-refractivity contribution in [1.82, 2.24) is 9.97 Å². The molecule has 14 heavy (non-hydrogen) atoms. The zero-order valence-corrected chi connectivity index (χ0v) is 7.04. The van der Waals surface area contributed by atoms with Crippen molar-refractivity contribution in [2.24, 2.45) is 0 Å². The van der Waals surface area contributed by atoms with Gasteiger partial charge >= 0.3 is 5.95 Å². The number of benzene rings is 1. The van der Waals surface area contributed by atoms with Crippen LogP contribution in [-0.4, -0.2) is 14.9 Å². The summed E-state index contributed by atoms with van der Waals surface area (Å²) in [7, 11) is 0. The molecule has 0 spiro atoms. The largest absolute Gasteiger partial charge is 0.471 e. The van der Waals surface area contributed by atoms with E-state index < -0.39 is 10.9 Å². The molecule has 0 aliphatic heterocycles. The second kappa shape index (κ2) is 2.91. The van der Waals surface area contributed by atoms with Crippen LogP contribution < -0.4 is 5.73 Å². The minimum Gasteiger partial charge on any atom is -0.390 e. The smallest absolute Gasteiger partial charge is 0.390 e. The van der Waals surface area contributed by atoms with Gasteiger partial charge in [0, 0.05) is 0 Å². The Morgan fingerprint density at radius 2 is 2.00 bits per heavy atom. The zero-order chi connectivity index (χ0) is 10.1. The first-order chi connectivity index (χ1) is 6.68. The molecule has 0 radical (unpaired) electrons. The topological polar surface area (TPSA) is 94.9 Å². The average molecular weight is 190 g/mol. The number of nitrogen functional groups attached to an aromatic ring is 1. The van der Waals surface area contributed by atoms with Crippen molar-refractivity contribution in [2.75, 3.05) is 5.73 Å². The first-order valence-electron chi connectivity index (χ1n) is 3.85. The lowest BCUT2D eigenvalue weighted by Crippen LogP contribution is -2.00. The Kier molecular flexibility index (Phi) is 1.74. The lowest BCUT2D eigenvalue weighted by molar-refractivity contribution is -0.394. The standard InChI is InChI=1S/C8H6N4O2/c9-7-5-3-1-2-4-6(5)10-8(11-7)12(13)14/h1-4H,(H2,9,10,11). The van der Waals surface area contributed by atoms with Crippen LogP contribution in [0.2, 0.25) is 0 Å². The molecule has 0 saturated carbocycles. The summed E-state index contributed by atoms with van der Waals surface area (Å²) in [6.07, 6.45) is 0. The second-order valence-corrected chi connectivity index (χ2v) is 2.68. The van der Waals surface area contributed by atoms with Gasteiger partial charge in [-0.25, -0.2) is 0 Å². The van der Waals surface area contributed by atoms with Gasteiger partial charge in [-0.05, 0) is 22.0 Å². The van der Waals surface area contributed by atoms with Crippen molar-refractivity contribution in [2.45, 2.75) is 0 Å². The van der Waals surface area contributed by atoms with Crippen LogP contribution in [0.1, 0.15) is 0 Å². The highest BCUT2D eigenvalue weighted by atomic mass is 16.6. The molecule has 1 heterocycles. The van der Waals surface area contributed by atoms with Gasteiger partial charge in [-0.3, -0.25) is 0 Å². The first-order valence-corrected chi connectivity index (χ1v) is 3.85. The van der Waals surface area contributed by atoms with E-state index in [9.17, 15) is 10.1 Å². The molecule has 6 nitrogen and oxygen atoms in total. The molecule has 0 aliphatic rings. The van der Waals surface area contributed by atoms with Crippen LogP contribution in [0.3, 0.4) is 0 Å². The molecular weight excluding hydrogens is 184 g/mol. The molecule has 2 aromatic rings. The van der Waals surface area contributed by atoms with E-state index in [1.54, 1.807) is 24.3 Å². The van der Waals surface area contributed by atoms with Crippen LogP contribution in [0.15, 0.2) is 24.3 Å². The van der Waals surface area contributed by atoms with Crippen LogP contribution in [0.25, 0.3) is 10.9 Å². The number of rotatable bonds is 1. The van der Waals surface area contributed by atoms with Crippen LogP contribution in [0.5, 0.6) is 0 Å². The molecule has 0 unspecified atom stereocenters. The number of anilines is 1.